The van der Waals surface area contributed by atoms with Gasteiger partial charge in [-0.2, -0.15) is 0 Å². The fourth-order valence-corrected chi connectivity index (χ4v) is 6.24. The van der Waals surface area contributed by atoms with Crippen LogP contribution < -0.4 is 0 Å². The van der Waals surface area contributed by atoms with Gasteiger partial charge in [-0.15, -0.1) is 0 Å². The van der Waals surface area contributed by atoms with Gasteiger partial charge in [-0.3, -0.25) is 0 Å². The second-order valence-corrected chi connectivity index (χ2v) is 11.7. The molecule has 0 fully saturated rings. The second kappa shape index (κ2) is 10.1. The zero-order valence-electron chi connectivity index (χ0n) is 24.1. The molecule has 2 heterocycles. The van der Waals surface area contributed by atoms with Gasteiger partial charge in [0.2, 0.25) is 0 Å². The molecule has 0 spiro atoms. The molecule has 3 heteroatoms. The van der Waals surface area contributed by atoms with Crippen LogP contribution in [0.4, 0.5) is 0 Å². The zero-order valence-corrected chi connectivity index (χ0v) is 24.1. The Hall–Kier alpha value is -4.63. The monoisotopic (exact) mass is 534 g/mol. The Bertz CT molecular complexity index is 2010. The van der Waals surface area contributed by atoms with Crippen LogP contribution in [0.5, 0.6) is 0 Å². The van der Waals surface area contributed by atoms with Gasteiger partial charge in [0, 0.05) is 5.39 Å². The van der Waals surface area contributed by atoms with E-state index in [0.29, 0.717) is 11.8 Å². The lowest BCUT2D eigenvalue weighted by Crippen LogP contribution is -2.10. The first-order valence-electron chi connectivity index (χ1n) is 14.6. The molecular weight excluding hydrogens is 500 g/mol. The van der Waals surface area contributed by atoms with Crippen molar-refractivity contribution in [1.82, 2.24) is 9.55 Å². The van der Waals surface area contributed by atoms with E-state index < -0.39 is 0 Å². The highest BCUT2D eigenvalue weighted by Crippen LogP contribution is 2.37. The average Bonchev–Trinajstić information content (AvgIpc) is 3.57. The molecule has 0 atom stereocenters. The van der Waals surface area contributed by atoms with Crippen molar-refractivity contribution in [3.05, 3.63) is 126 Å². The third-order valence-corrected chi connectivity index (χ3v) is 8.36. The summed E-state index contributed by atoms with van der Waals surface area (Å²) in [6.45, 7) is 9.90. The molecule has 0 amide bonds. The van der Waals surface area contributed by atoms with Crippen molar-refractivity contribution in [2.45, 2.75) is 46.1 Å². The van der Waals surface area contributed by atoms with Gasteiger partial charge in [0.25, 0.3) is 0 Å². The second-order valence-electron chi connectivity index (χ2n) is 11.7. The quantitative estimate of drug-likeness (QED) is 0.212. The van der Waals surface area contributed by atoms with Crippen molar-refractivity contribution in [2.75, 3.05) is 0 Å². The van der Waals surface area contributed by atoms with E-state index in [2.05, 4.69) is 135 Å². The molecule has 0 aliphatic carbocycles. The number of imidazole rings is 1. The number of benzene rings is 5. The molecule has 0 bridgehead atoms. The average molecular weight is 535 g/mol. The molecule has 0 radical (unpaired) electrons. The number of fused-ring (bicyclic) bond motifs is 3. The summed E-state index contributed by atoms with van der Waals surface area (Å²) >= 11 is 0. The molecule has 41 heavy (non-hydrogen) atoms. The lowest BCUT2D eigenvalue weighted by molar-refractivity contribution is 0.616. The minimum atomic E-state index is 0.432. The molecule has 0 aliphatic heterocycles. The van der Waals surface area contributed by atoms with Crippen LogP contribution in [0.25, 0.3) is 55.3 Å². The van der Waals surface area contributed by atoms with Crippen LogP contribution in [0.1, 0.15) is 56.2 Å². The highest BCUT2D eigenvalue weighted by atomic mass is 16.3. The molecule has 5 aromatic carbocycles. The Balaban J connectivity index is 1.41. The molecule has 202 valence electrons. The lowest BCUT2D eigenvalue weighted by Gasteiger charge is -2.21. The summed E-state index contributed by atoms with van der Waals surface area (Å²) in [6.07, 6.45) is 1.88. The fourth-order valence-electron chi connectivity index (χ4n) is 6.24. The minimum absolute atomic E-state index is 0.432. The van der Waals surface area contributed by atoms with E-state index in [1.54, 1.807) is 0 Å². The highest BCUT2D eigenvalue weighted by Gasteiger charge is 2.21. The van der Waals surface area contributed by atoms with Crippen molar-refractivity contribution in [3.8, 4) is 22.5 Å². The van der Waals surface area contributed by atoms with Crippen molar-refractivity contribution in [2.24, 2.45) is 0 Å². The Morgan fingerprint density at radius 2 is 1.37 bits per heavy atom. The van der Waals surface area contributed by atoms with Crippen LogP contribution in [0.3, 0.4) is 0 Å². The first-order valence-corrected chi connectivity index (χ1v) is 14.6. The van der Waals surface area contributed by atoms with E-state index in [9.17, 15) is 0 Å². The number of aromatic nitrogens is 2. The number of hydrogen-bond donors (Lipinski definition) is 0. The molecule has 7 rings (SSSR count). The number of furan rings is 1. The molecular formula is C38H34N2O. The first-order chi connectivity index (χ1) is 20.0. The van der Waals surface area contributed by atoms with E-state index in [4.69, 9.17) is 9.40 Å². The Labute approximate surface area is 241 Å². The number of rotatable bonds is 6. The summed E-state index contributed by atoms with van der Waals surface area (Å²) in [5, 5.41) is 3.56. The van der Waals surface area contributed by atoms with Crippen LogP contribution in [-0.4, -0.2) is 9.55 Å². The normalized spacial score (nSPS) is 12.0. The largest absolute Gasteiger partial charge is 0.464 e. The molecule has 0 saturated carbocycles. The van der Waals surface area contributed by atoms with E-state index in [0.717, 1.165) is 39.9 Å². The maximum atomic E-state index is 6.14. The number of nitrogens with zero attached hydrogens (tertiary/aromatic N) is 2. The van der Waals surface area contributed by atoms with Crippen molar-refractivity contribution in [3.63, 3.8) is 0 Å². The lowest BCUT2D eigenvalue weighted by atomic mass is 9.88. The predicted octanol–water partition coefficient (Wildman–Crippen LogP) is 10.6. The highest BCUT2D eigenvalue weighted by molar-refractivity contribution is 5.97. The van der Waals surface area contributed by atoms with Crippen LogP contribution in [0.15, 0.2) is 114 Å². The number of para-hydroxylation sites is 2. The van der Waals surface area contributed by atoms with E-state index in [1.807, 2.05) is 6.26 Å². The molecule has 0 aliphatic rings. The first kappa shape index (κ1) is 25.3. The molecule has 0 N–H and O–H groups in total. The van der Waals surface area contributed by atoms with Gasteiger partial charge in [-0.25, -0.2) is 4.98 Å². The molecule has 2 aromatic heterocycles. The van der Waals surface area contributed by atoms with Gasteiger partial charge >= 0.3 is 0 Å². The van der Waals surface area contributed by atoms with Gasteiger partial charge in [-0.1, -0.05) is 100 Å². The molecule has 3 nitrogen and oxygen atoms in total. The standard InChI is InChI=1S/C38H34N2O/c1-24(2)30-12-9-13-31(25(3)4)33(30)22-40-36-15-8-7-14-35(36)39-38(40)34-23-41-37-19-18-29(21-32(34)37)28-17-16-26-10-5-6-11-27(26)20-28/h5-21,23-25H,22H2,1-4H3. The zero-order chi connectivity index (χ0) is 28.1. The summed E-state index contributed by atoms with van der Waals surface area (Å²) in [5.74, 6) is 1.80. The van der Waals surface area contributed by atoms with E-state index in [1.165, 1.54) is 38.6 Å². The van der Waals surface area contributed by atoms with E-state index in [-0.39, 0.29) is 0 Å². The van der Waals surface area contributed by atoms with Crippen molar-refractivity contribution in [1.29, 1.82) is 0 Å². The number of hydrogen-bond acceptors (Lipinski definition) is 2. The topological polar surface area (TPSA) is 31.0 Å². The molecule has 0 saturated heterocycles. The maximum Gasteiger partial charge on any atom is 0.145 e. The maximum absolute atomic E-state index is 6.14. The molecule has 7 aromatic rings. The Morgan fingerprint density at radius 3 is 2.15 bits per heavy atom. The van der Waals surface area contributed by atoms with Gasteiger partial charge in [-0.05, 0) is 80.8 Å². The Kier molecular flexibility index (Phi) is 6.23. The summed E-state index contributed by atoms with van der Waals surface area (Å²) < 4.78 is 8.52. The van der Waals surface area contributed by atoms with Crippen molar-refractivity contribution >= 4 is 32.8 Å². The summed E-state index contributed by atoms with van der Waals surface area (Å²) in [5.41, 5.74) is 10.6. The summed E-state index contributed by atoms with van der Waals surface area (Å²) in [4.78, 5) is 5.20. The third-order valence-electron chi connectivity index (χ3n) is 8.36. The van der Waals surface area contributed by atoms with Crippen molar-refractivity contribution < 1.29 is 4.42 Å². The van der Waals surface area contributed by atoms with Gasteiger partial charge in [0.05, 0.1) is 23.1 Å². The van der Waals surface area contributed by atoms with Gasteiger partial charge in [0.15, 0.2) is 0 Å². The third kappa shape index (κ3) is 4.42. The molecule has 0 unspecified atom stereocenters. The van der Waals surface area contributed by atoms with Crippen LogP contribution in [0, 0.1) is 0 Å². The smallest absolute Gasteiger partial charge is 0.145 e. The van der Waals surface area contributed by atoms with Crippen LogP contribution in [-0.2, 0) is 6.54 Å². The summed E-state index contributed by atoms with van der Waals surface area (Å²) in [7, 11) is 0. The minimum Gasteiger partial charge on any atom is -0.464 e. The fraction of sp³-hybridized carbons (Fsp3) is 0.184. The summed E-state index contributed by atoms with van der Waals surface area (Å²) in [6, 6.07) is 36.9. The SMILES string of the molecule is CC(C)c1cccc(C(C)C)c1Cn1c(-c2coc3ccc(-c4ccc5ccccc5c4)cc23)nc2ccccc21. The van der Waals surface area contributed by atoms with Gasteiger partial charge in [0.1, 0.15) is 17.7 Å². The van der Waals surface area contributed by atoms with Gasteiger partial charge < -0.3 is 8.98 Å². The van der Waals surface area contributed by atoms with E-state index >= 15 is 0 Å². The van der Waals surface area contributed by atoms with Crippen LogP contribution >= 0.6 is 0 Å². The Morgan fingerprint density at radius 1 is 0.683 bits per heavy atom. The van der Waals surface area contributed by atoms with Crippen LogP contribution in [0.2, 0.25) is 0 Å². The predicted molar refractivity (Wildman–Crippen MR) is 172 cm³/mol.